The first-order valence-electron chi connectivity index (χ1n) is 8.21. The smallest absolute Gasteiger partial charge is 0.326 e. The molecule has 7 heteroatoms. The molecule has 7 nitrogen and oxygen atoms in total. The van der Waals surface area contributed by atoms with Crippen LogP contribution in [0.1, 0.15) is 42.6 Å². The Morgan fingerprint density at radius 2 is 2.08 bits per heavy atom. The number of furan rings is 1. The van der Waals surface area contributed by atoms with Crippen LogP contribution in [0.15, 0.2) is 33.4 Å². The summed E-state index contributed by atoms with van der Waals surface area (Å²) in [4.78, 5) is 26.0. The molecule has 2 aromatic heterocycles. The molecular weight excluding hydrogens is 312 g/mol. The lowest BCUT2D eigenvalue weighted by Crippen LogP contribution is -2.46. The van der Waals surface area contributed by atoms with Gasteiger partial charge in [-0.3, -0.25) is 4.79 Å². The van der Waals surface area contributed by atoms with E-state index in [9.17, 15) is 14.7 Å². The zero-order valence-electron chi connectivity index (χ0n) is 13.1. The van der Waals surface area contributed by atoms with E-state index < -0.39 is 12.0 Å². The highest BCUT2D eigenvalue weighted by Crippen LogP contribution is 2.40. The molecule has 1 N–H and O–H groups in total. The molecule has 2 fully saturated rings. The number of aromatic nitrogens is 1. The fourth-order valence-electron chi connectivity index (χ4n) is 4.02. The summed E-state index contributed by atoms with van der Waals surface area (Å²) in [5.74, 6) is -0.228. The quantitative estimate of drug-likeness (QED) is 0.929. The predicted octanol–water partition coefficient (Wildman–Crippen LogP) is 2.79. The van der Waals surface area contributed by atoms with Gasteiger partial charge < -0.3 is 18.9 Å². The Bertz CT molecular complexity index is 751. The normalized spacial score (nSPS) is 26.3. The van der Waals surface area contributed by atoms with Gasteiger partial charge in [-0.05, 0) is 37.3 Å². The highest BCUT2D eigenvalue weighted by Gasteiger charge is 2.48. The molecule has 2 aliphatic rings. The van der Waals surface area contributed by atoms with Gasteiger partial charge in [-0.2, -0.15) is 0 Å². The van der Waals surface area contributed by atoms with E-state index in [-0.39, 0.29) is 23.6 Å². The van der Waals surface area contributed by atoms with Gasteiger partial charge >= 0.3 is 5.97 Å². The fourth-order valence-corrected chi connectivity index (χ4v) is 4.02. The molecule has 1 saturated heterocycles. The molecular formula is C17H18N2O5. The molecule has 1 saturated carbocycles. The zero-order chi connectivity index (χ0) is 16.7. The third kappa shape index (κ3) is 2.40. The van der Waals surface area contributed by atoms with Gasteiger partial charge in [0, 0.05) is 12.1 Å². The largest absolute Gasteiger partial charge is 0.480 e. The molecule has 0 radical (unpaired) electrons. The lowest BCUT2D eigenvalue weighted by atomic mass is 9.84. The second kappa shape index (κ2) is 5.81. The summed E-state index contributed by atoms with van der Waals surface area (Å²) >= 11 is 0. The maximum absolute atomic E-state index is 12.9. The van der Waals surface area contributed by atoms with Gasteiger partial charge in [-0.15, -0.1) is 0 Å². The van der Waals surface area contributed by atoms with Gasteiger partial charge in [0.05, 0.1) is 6.26 Å². The van der Waals surface area contributed by atoms with Crippen molar-refractivity contribution in [1.29, 1.82) is 0 Å². The van der Waals surface area contributed by atoms with Crippen LogP contribution in [-0.4, -0.2) is 39.1 Å². The maximum Gasteiger partial charge on any atom is 0.326 e. The fraction of sp³-hybridized carbons (Fsp3) is 0.471. The van der Waals surface area contributed by atoms with Crippen molar-refractivity contribution in [2.24, 2.45) is 5.92 Å². The molecule has 4 rings (SSSR count). The van der Waals surface area contributed by atoms with E-state index in [1.807, 2.05) is 0 Å². The van der Waals surface area contributed by atoms with Crippen LogP contribution in [0.25, 0.3) is 11.5 Å². The van der Waals surface area contributed by atoms with Crippen molar-refractivity contribution in [3.05, 3.63) is 30.2 Å². The first-order chi connectivity index (χ1) is 11.6. The van der Waals surface area contributed by atoms with E-state index in [2.05, 4.69) is 5.16 Å². The first kappa shape index (κ1) is 15.0. The van der Waals surface area contributed by atoms with Crippen LogP contribution < -0.4 is 0 Å². The number of carbonyl (C=O) groups is 2. The van der Waals surface area contributed by atoms with E-state index in [4.69, 9.17) is 8.94 Å². The molecule has 1 aliphatic carbocycles. The van der Waals surface area contributed by atoms with Crippen molar-refractivity contribution in [2.75, 3.05) is 0 Å². The molecule has 0 spiro atoms. The highest BCUT2D eigenvalue weighted by molar-refractivity contribution is 5.96. The number of aliphatic carboxylic acids is 1. The summed E-state index contributed by atoms with van der Waals surface area (Å²) in [6.45, 7) is 0. The zero-order valence-corrected chi connectivity index (χ0v) is 13.1. The number of nitrogens with zero attached hydrogens (tertiary/aromatic N) is 2. The maximum atomic E-state index is 12.9. The van der Waals surface area contributed by atoms with Gasteiger partial charge in [0.25, 0.3) is 5.91 Å². The summed E-state index contributed by atoms with van der Waals surface area (Å²) in [6, 6.07) is 4.14. The van der Waals surface area contributed by atoms with Crippen LogP contribution in [0.4, 0.5) is 0 Å². The van der Waals surface area contributed by atoms with Crippen LogP contribution in [0, 0.1) is 5.92 Å². The van der Waals surface area contributed by atoms with Crippen molar-refractivity contribution >= 4 is 11.9 Å². The van der Waals surface area contributed by atoms with Gasteiger partial charge in [-0.25, -0.2) is 4.79 Å². The molecule has 0 aromatic carbocycles. The molecule has 2 aromatic rings. The van der Waals surface area contributed by atoms with Crippen molar-refractivity contribution < 1.29 is 23.6 Å². The molecule has 1 amide bonds. The minimum atomic E-state index is -0.951. The number of rotatable bonds is 3. The van der Waals surface area contributed by atoms with Crippen molar-refractivity contribution in [3.63, 3.8) is 0 Å². The average molecular weight is 330 g/mol. The van der Waals surface area contributed by atoms with Crippen molar-refractivity contribution in [2.45, 2.75) is 44.2 Å². The lowest BCUT2D eigenvalue weighted by Gasteiger charge is -2.32. The third-order valence-electron chi connectivity index (χ3n) is 5.10. The number of fused-ring (bicyclic) bond motifs is 1. The summed E-state index contributed by atoms with van der Waals surface area (Å²) < 4.78 is 10.4. The number of carbonyl (C=O) groups excluding carboxylic acids is 1. The van der Waals surface area contributed by atoms with Gasteiger partial charge in [0.1, 0.15) is 6.04 Å². The van der Waals surface area contributed by atoms with Crippen LogP contribution in [0.2, 0.25) is 0 Å². The minimum absolute atomic E-state index is 0.0175. The summed E-state index contributed by atoms with van der Waals surface area (Å²) in [5, 5.41) is 13.4. The number of hydrogen-bond acceptors (Lipinski definition) is 5. The minimum Gasteiger partial charge on any atom is -0.480 e. The van der Waals surface area contributed by atoms with Crippen molar-refractivity contribution in [3.8, 4) is 11.5 Å². The summed E-state index contributed by atoms with van der Waals surface area (Å²) in [6.07, 6.45) is 5.98. The molecule has 24 heavy (non-hydrogen) atoms. The molecule has 3 atom stereocenters. The first-order valence-corrected chi connectivity index (χ1v) is 8.21. The molecule has 3 heterocycles. The predicted molar refractivity (Wildman–Crippen MR) is 82.2 cm³/mol. The molecule has 126 valence electrons. The van der Waals surface area contributed by atoms with Gasteiger partial charge in [-0.1, -0.05) is 18.0 Å². The second-order valence-corrected chi connectivity index (χ2v) is 6.47. The number of carboxylic acids is 1. The number of likely N-dealkylation sites (tertiary alicyclic amines) is 1. The van der Waals surface area contributed by atoms with E-state index in [1.165, 1.54) is 17.2 Å². The van der Waals surface area contributed by atoms with Crippen LogP contribution in [0.3, 0.4) is 0 Å². The lowest BCUT2D eigenvalue weighted by molar-refractivity contribution is -0.141. The topological polar surface area (TPSA) is 96.8 Å². The monoisotopic (exact) mass is 330 g/mol. The SMILES string of the molecule is O=C(O)C1CC2CCCCC2N1C(=O)c1cc(-c2ccco2)on1. The summed E-state index contributed by atoms with van der Waals surface area (Å²) in [7, 11) is 0. The molecule has 3 unspecified atom stereocenters. The van der Waals surface area contributed by atoms with Crippen molar-refractivity contribution in [1.82, 2.24) is 10.1 Å². The van der Waals surface area contributed by atoms with Gasteiger partial charge in [0.15, 0.2) is 11.5 Å². The van der Waals surface area contributed by atoms with E-state index >= 15 is 0 Å². The Balaban J connectivity index is 1.63. The third-order valence-corrected chi connectivity index (χ3v) is 5.10. The summed E-state index contributed by atoms with van der Waals surface area (Å²) in [5.41, 5.74) is 0.124. The Labute approximate surface area is 138 Å². The van der Waals surface area contributed by atoms with E-state index in [1.54, 1.807) is 12.1 Å². The highest BCUT2D eigenvalue weighted by atomic mass is 16.5. The number of hydrogen-bond donors (Lipinski definition) is 1. The van der Waals surface area contributed by atoms with Crippen LogP contribution in [0.5, 0.6) is 0 Å². The number of amides is 1. The molecule has 1 aliphatic heterocycles. The molecule has 0 bridgehead atoms. The van der Waals surface area contributed by atoms with Gasteiger partial charge in [0.2, 0.25) is 5.76 Å². The Morgan fingerprint density at radius 1 is 1.25 bits per heavy atom. The van der Waals surface area contributed by atoms with E-state index in [0.29, 0.717) is 17.9 Å². The van der Waals surface area contributed by atoms with E-state index in [0.717, 1.165) is 25.7 Å². The average Bonchev–Trinajstić information content (AvgIpc) is 3.31. The standard InChI is InChI=1S/C17H18N2O5/c20-16(11-9-15(24-18-11)14-6-3-7-23-14)19-12-5-2-1-4-10(12)8-13(19)17(21)22/h3,6-7,9-10,12-13H,1-2,4-5,8H2,(H,21,22). The van der Waals surface area contributed by atoms with Crippen LogP contribution >= 0.6 is 0 Å². The number of carboxylic acid groups (broad SMARTS) is 1. The Hall–Kier alpha value is -2.57. The Kier molecular flexibility index (Phi) is 3.63. The second-order valence-electron chi connectivity index (χ2n) is 6.47. The Morgan fingerprint density at radius 3 is 2.83 bits per heavy atom. The van der Waals surface area contributed by atoms with Crippen LogP contribution in [-0.2, 0) is 4.79 Å².